The van der Waals surface area contributed by atoms with Crippen LogP contribution in [0.2, 0.25) is 0 Å². The summed E-state index contributed by atoms with van der Waals surface area (Å²) in [4.78, 5) is 24.2. The Morgan fingerprint density at radius 1 is 1.44 bits per heavy atom. The number of aliphatic hydroxyl groups is 1. The second-order valence-electron chi connectivity index (χ2n) is 4.53. The van der Waals surface area contributed by atoms with Crippen molar-refractivity contribution in [2.45, 2.75) is 12.5 Å². The molecule has 2 unspecified atom stereocenters. The maximum atomic E-state index is 11.7. The topological polar surface area (TPSA) is 83.6 Å². The minimum atomic E-state index is -0.734. The first kappa shape index (κ1) is 12.6. The van der Waals surface area contributed by atoms with Crippen molar-refractivity contribution in [2.24, 2.45) is 11.7 Å². The monoisotopic (exact) mass is 248 g/mol. The first-order valence-corrected chi connectivity index (χ1v) is 5.88. The molecule has 0 spiro atoms. The minimum absolute atomic E-state index is 0.131. The van der Waals surface area contributed by atoms with Crippen molar-refractivity contribution in [1.82, 2.24) is 4.90 Å². The van der Waals surface area contributed by atoms with E-state index in [0.717, 1.165) is 5.56 Å². The summed E-state index contributed by atoms with van der Waals surface area (Å²) in [5.41, 5.74) is 5.94. The van der Waals surface area contributed by atoms with Crippen LogP contribution in [0.4, 0.5) is 0 Å². The first-order valence-electron chi connectivity index (χ1n) is 5.88. The van der Waals surface area contributed by atoms with Gasteiger partial charge in [0.15, 0.2) is 0 Å². The molecule has 1 fully saturated rings. The van der Waals surface area contributed by atoms with Crippen LogP contribution >= 0.6 is 0 Å². The summed E-state index contributed by atoms with van der Waals surface area (Å²) in [6.07, 6.45) is -0.585. The van der Waals surface area contributed by atoms with E-state index in [9.17, 15) is 14.7 Å². The average Bonchev–Trinajstić information content (AvgIpc) is 2.72. The van der Waals surface area contributed by atoms with Crippen molar-refractivity contribution in [3.05, 3.63) is 35.9 Å². The van der Waals surface area contributed by atoms with E-state index >= 15 is 0 Å². The number of primary amides is 1. The maximum absolute atomic E-state index is 11.7. The molecule has 1 aliphatic rings. The van der Waals surface area contributed by atoms with E-state index < -0.39 is 17.9 Å². The van der Waals surface area contributed by atoms with Gasteiger partial charge in [0.05, 0.1) is 18.6 Å². The summed E-state index contributed by atoms with van der Waals surface area (Å²) >= 11 is 0. The number of nitrogens with zero attached hydrogens (tertiary/aromatic N) is 1. The van der Waals surface area contributed by atoms with E-state index in [0.29, 0.717) is 6.54 Å². The second kappa shape index (κ2) is 5.18. The maximum Gasteiger partial charge on any atom is 0.223 e. The van der Waals surface area contributed by atoms with Gasteiger partial charge >= 0.3 is 0 Å². The van der Waals surface area contributed by atoms with Crippen molar-refractivity contribution in [2.75, 3.05) is 13.1 Å². The van der Waals surface area contributed by atoms with Gasteiger partial charge in [-0.15, -0.1) is 0 Å². The van der Waals surface area contributed by atoms with E-state index in [1.54, 1.807) is 12.1 Å². The highest BCUT2D eigenvalue weighted by molar-refractivity contribution is 5.88. The lowest BCUT2D eigenvalue weighted by Crippen LogP contribution is -2.32. The zero-order valence-corrected chi connectivity index (χ0v) is 9.95. The van der Waals surface area contributed by atoms with Gasteiger partial charge in [-0.05, 0) is 5.56 Å². The minimum Gasteiger partial charge on any atom is -0.387 e. The highest BCUT2D eigenvalue weighted by Gasteiger charge is 2.33. The zero-order valence-electron chi connectivity index (χ0n) is 9.95. The Labute approximate surface area is 105 Å². The molecule has 1 saturated heterocycles. The van der Waals surface area contributed by atoms with Gasteiger partial charge in [0.25, 0.3) is 0 Å². The van der Waals surface area contributed by atoms with Crippen LogP contribution in [0.15, 0.2) is 30.3 Å². The third kappa shape index (κ3) is 2.68. The Bertz CT molecular complexity index is 447. The van der Waals surface area contributed by atoms with Gasteiger partial charge in [-0.1, -0.05) is 30.3 Å². The van der Waals surface area contributed by atoms with Crippen molar-refractivity contribution in [3.63, 3.8) is 0 Å². The molecule has 0 aromatic heterocycles. The number of hydrogen-bond donors (Lipinski definition) is 2. The number of nitrogens with two attached hydrogens (primary N) is 1. The lowest BCUT2D eigenvalue weighted by molar-refractivity contribution is -0.129. The van der Waals surface area contributed by atoms with Gasteiger partial charge in [-0.3, -0.25) is 9.59 Å². The predicted molar refractivity (Wildman–Crippen MR) is 65.3 cm³/mol. The van der Waals surface area contributed by atoms with Gasteiger partial charge < -0.3 is 15.7 Å². The first-order chi connectivity index (χ1) is 8.58. The molecule has 96 valence electrons. The molecule has 2 rings (SSSR count). The fraction of sp³-hybridized carbons (Fsp3) is 0.385. The molecule has 0 aliphatic carbocycles. The number of hydrogen-bond acceptors (Lipinski definition) is 3. The fourth-order valence-electron chi connectivity index (χ4n) is 2.13. The van der Waals surface area contributed by atoms with Crippen LogP contribution < -0.4 is 5.73 Å². The number of benzene rings is 1. The van der Waals surface area contributed by atoms with Crippen LogP contribution in [-0.2, 0) is 9.59 Å². The molecule has 3 N–H and O–H groups in total. The Morgan fingerprint density at radius 3 is 2.67 bits per heavy atom. The molecular formula is C13H16N2O3. The van der Waals surface area contributed by atoms with Crippen LogP contribution in [-0.4, -0.2) is 34.9 Å². The van der Waals surface area contributed by atoms with Crippen LogP contribution in [0.5, 0.6) is 0 Å². The number of carbonyl (C=O) groups excluding carboxylic acids is 2. The van der Waals surface area contributed by atoms with E-state index in [-0.39, 0.29) is 18.9 Å². The highest BCUT2D eigenvalue weighted by atomic mass is 16.3. The van der Waals surface area contributed by atoms with Gasteiger partial charge in [0, 0.05) is 13.0 Å². The lowest BCUT2D eigenvalue weighted by atomic mass is 10.1. The fourth-order valence-corrected chi connectivity index (χ4v) is 2.13. The number of amides is 2. The van der Waals surface area contributed by atoms with Gasteiger partial charge in [0.1, 0.15) is 0 Å². The number of rotatable bonds is 4. The van der Waals surface area contributed by atoms with Crippen molar-refractivity contribution in [3.8, 4) is 0 Å². The third-order valence-electron chi connectivity index (χ3n) is 3.19. The van der Waals surface area contributed by atoms with Crippen LogP contribution in [0.1, 0.15) is 18.1 Å². The summed E-state index contributed by atoms with van der Waals surface area (Å²) in [6, 6.07) is 9.13. The highest BCUT2D eigenvalue weighted by Crippen LogP contribution is 2.21. The lowest BCUT2D eigenvalue weighted by Gasteiger charge is -2.20. The van der Waals surface area contributed by atoms with Crippen molar-refractivity contribution < 1.29 is 14.7 Å². The molecular weight excluding hydrogens is 232 g/mol. The molecule has 0 saturated carbocycles. The Kier molecular flexibility index (Phi) is 3.62. The molecule has 2 amide bonds. The zero-order chi connectivity index (χ0) is 13.1. The molecule has 1 aliphatic heterocycles. The standard InChI is InChI=1S/C13H16N2O3/c14-13(18)10-6-12(17)15(7-10)8-11(16)9-4-2-1-3-5-9/h1-5,10-11,16H,6-8H2,(H2,14,18). The number of likely N-dealkylation sites (tertiary alicyclic amines) is 1. The molecule has 0 bridgehead atoms. The smallest absolute Gasteiger partial charge is 0.223 e. The van der Waals surface area contributed by atoms with Crippen LogP contribution in [0, 0.1) is 5.92 Å². The number of β-amino-alcohol motifs (C(OH)–C–C–N with tert-alkyl or cyclic N) is 1. The molecule has 1 aromatic carbocycles. The Balaban J connectivity index is 1.98. The summed E-state index contributed by atoms with van der Waals surface area (Å²) in [7, 11) is 0. The molecule has 0 radical (unpaired) electrons. The SMILES string of the molecule is NC(=O)C1CC(=O)N(CC(O)c2ccccc2)C1. The van der Waals surface area contributed by atoms with E-state index in [1.807, 2.05) is 18.2 Å². The largest absolute Gasteiger partial charge is 0.387 e. The van der Waals surface area contributed by atoms with E-state index in [4.69, 9.17) is 5.73 Å². The summed E-state index contributed by atoms with van der Waals surface area (Å²) in [6.45, 7) is 0.505. The number of aliphatic hydroxyl groups excluding tert-OH is 1. The molecule has 1 aromatic rings. The van der Waals surface area contributed by atoms with E-state index in [2.05, 4.69) is 0 Å². The van der Waals surface area contributed by atoms with Gasteiger partial charge in [-0.2, -0.15) is 0 Å². The third-order valence-corrected chi connectivity index (χ3v) is 3.19. The van der Waals surface area contributed by atoms with Gasteiger partial charge in [0.2, 0.25) is 11.8 Å². The average molecular weight is 248 g/mol. The quantitative estimate of drug-likeness (QED) is 0.790. The van der Waals surface area contributed by atoms with Crippen LogP contribution in [0.3, 0.4) is 0 Å². The molecule has 5 nitrogen and oxygen atoms in total. The van der Waals surface area contributed by atoms with Crippen LogP contribution in [0.25, 0.3) is 0 Å². The summed E-state index contributed by atoms with van der Waals surface area (Å²) < 4.78 is 0. The molecule has 5 heteroatoms. The molecule has 2 atom stereocenters. The summed E-state index contributed by atoms with van der Waals surface area (Å²) in [5.74, 6) is -1.02. The molecule has 1 heterocycles. The predicted octanol–water partition coefficient (Wildman–Crippen LogP) is 0.0538. The normalized spacial score (nSPS) is 21.1. The number of carbonyl (C=O) groups is 2. The summed E-state index contributed by atoms with van der Waals surface area (Å²) in [5, 5.41) is 10.0. The van der Waals surface area contributed by atoms with E-state index in [1.165, 1.54) is 4.90 Å². The van der Waals surface area contributed by atoms with Crippen molar-refractivity contribution >= 4 is 11.8 Å². The Morgan fingerprint density at radius 2 is 2.11 bits per heavy atom. The Hall–Kier alpha value is -1.88. The van der Waals surface area contributed by atoms with Gasteiger partial charge in [-0.25, -0.2) is 0 Å². The molecule has 18 heavy (non-hydrogen) atoms. The second-order valence-corrected chi connectivity index (χ2v) is 4.53. The van der Waals surface area contributed by atoms with Crippen molar-refractivity contribution in [1.29, 1.82) is 0 Å².